The minimum Gasteiger partial charge on any atom is -0.481 e. The molecular formula is C20H29FO5. The highest BCUT2D eigenvalue weighted by molar-refractivity contribution is 5.89. The second-order valence-corrected chi connectivity index (χ2v) is 7.58. The van der Waals surface area contributed by atoms with Crippen molar-refractivity contribution in [3.63, 3.8) is 0 Å². The number of hydrogen-bond donors (Lipinski definition) is 2. The number of halogens is 1. The smallest absolute Gasteiger partial charge is 0.306 e. The Balaban J connectivity index is 2.05. The van der Waals surface area contributed by atoms with Gasteiger partial charge in [-0.2, -0.15) is 0 Å². The second kappa shape index (κ2) is 8.91. The molecule has 0 saturated heterocycles. The highest BCUT2D eigenvalue weighted by Gasteiger charge is 2.43. The number of rotatable bonds is 8. The third-order valence-corrected chi connectivity index (χ3v) is 5.62. The normalized spacial score (nSPS) is 33.3. The summed E-state index contributed by atoms with van der Waals surface area (Å²) >= 11 is 0. The number of carboxylic acid groups (broad SMARTS) is 1. The molecule has 0 fully saturated rings. The molecular weight excluding hydrogens is 339 g/mol. The fourth-order valence-corrected chi connectivity index (χ4v) is 4.24. The van der Waals surface area contributed by atoms with E-state index in [-0.39, 0.29) is 35.9 Å². The lowest BCUT2D eigenvalue weighted by Gasteiger charge is -2.42. The van der Waals surface area contributed by atoms with Crippen LogP contribution in [-0.4, -0.2) is 47.5 Å². The van der Waals surface area contributed by atoms with E-state index >= 15 is 0 Å². The Labute approximate surface area is 153 Å². The number of hydrogen-bond acceptors (Lipinski definition) is 4. The Hall–Kier alpha value is -1.53. The van der Waals surface area contributed by atoms with Gasteiger partial charge >= 0.3 is 5.97 Å². The van der Waals surface area contributed by atoms with Crippen LogP contribution in [0.1, 0.15) is 39.5 Å². The number of carboxylic acids is 1. The Kier molecular flexibility index (Phi) is 7.12. The molecule has 7 atom stereocenters. The zero-order valence-electron chi connectivity index (χ0n) is 15.6. The van der Waals surface area contributed by atoms with Gasteiger partial charge in [-0.3, -0.25) is 9.59 Å². The molecule has 0 bridgehead atoms. The van der Waals surface area contributed by atoms with E-state index in [1.165, 1.54) is 0 Å². The number of carbonyl (C=O) groups excluding carboxylic acids is 1. The molecule has 2 rings (SSSR count). The number of ether oxygens (including phenoxy) is 1. The van der Waals surface area contributed by atoms with Gasteiger partial charge < -0.3 is 14.9 Å². The zero-order valence-corrected chi connectivity index (χ0v) is 15.6. The number of aliphatic hydroxyl groups is 1. The molecule has 0 spiro atoms. The number of fused-ring (bicyclic) bond motifs is 1. The van der Waals surface area contributed by atoms with Crippen LogP contribution in [0.2, 0.25) is 0 Å². The quantitative estimate of drug-likeness (QED) is 0.688. The summed E-state index contributed by atoms with van der Waals surface area (Å²) in [5.41, 5.74) is 1.09. The Morgan fingerprint density at radius 2 is 2.08 bits per heavy atom. The summed E-state index contributed by atoms with van der Waals surface area (Å²) in [5.74, 6) is -1.05. The molecule has 0 aliphatic heterocycles. The molecule has 0 aromatic heterocycles. The molecule has 5 nitrogen and oxygen atoms in total. The first-order chi connectivity index (χ1) is 12.2. The lowest BCUT2D eigenvalue weighted by molar-refractivity contribution is -0.138. The maximum absolute atomic E-state index is 13.6. The van der Waals surface area contributed by atoms with Gasteiger partial charge in [-0.1, -0.05) is 32.1 Å². The highest BCUT2D eigenvalue weighted by atomic mass is 19.1. The Morgan fingerprint density at radius 3 is 2.69 bits per heavy atom. The average Bonchev–Trinajstić information content (AvgIpc) is 2.55. The minimum atomic E-state index is -1.55. The van der Waals surface area contributed by atoms with Gasteiger partial charge in [-0.05, 0) is 30.3 Å². The van der Waals surface area contributed by atoms with Crippen LogP contribution in [0.3, 0.4) is 0 Å². The maximum atomic E-state index is 13.6. The van der Waals surface area contributed by atoms with E-state index in [4.69, 9.17) is 9.84 Å². The minimum absolute atomic E-state index is 0.0592. The van der Waals surface area contributed by atoms with E-state index in [0.29, 0.717) is 12.8 Å². The highest BCUT2D eigenvalue weighted by Crippen LogP contribution is 2.43. The Morgan fingerprint density at radius 1 is 1.38 bits per heavy atom. The number of allylic oxidation sites excluding steroid dienone is 3. The van der Waals surface area contributed by atoms with Crippen LogP contribution in [-0.2, 0) is 14.3 Å². The van der Waals surface area contributed by atoms with Crippen LogP contribution < -0.4 is 0 Å². The summed E-state index contributed by atoms with van der Waals surface area (Å²) in [6.07, 6.45) is 3.42. The van der Waals surface area contributed by atoms with Crippen molar-refractivity contribution in [3.05, 3.63) is 23.8 Å². The zero-order chi connectivity index (χ0) is 19.4. The molecule has 0 heterocycles. The fraction of sp³-hybridized carbons (Fsp3) is 0.700. The SMILES string of the molecule is CO[C@@H]1C(=O)[C@H](C)C=C2C=C[C@H](C)[C@H](CC[C@@H](O)C[C@H](F)CC(=O)O)C21. The standard InChI is InChI=1S/C20H29FO5/c1-11-4-5-13-8-12(2)19(25)20(26-3)18(13)16(11)7-6-15(22)9-14(21)10-17(23)24/h4-5,8,11-12,14-16,18,20,22H,6-7,9-10H2,1-3H3,(H,23,24)/t11-,12+,14-,15+,16-,18?,20-/m0/s1. The summed E-state index contributed by atoms with van der Waals surface area (Å²) in [6, 6.07) is 0. The summed E-state index contributed by atoms with van der Waals surface area (Å²) in [7, 11) is 1.55. The summed E-state index contributed by atoms with van der Waals surface area (Å²) in [4.78, 5) is 23.0. The number of aliphatic hydroxyl groups excluding tert-OH is 1. The maximum Gasteiger partial charge on any atom is 0.306 e. The molecule has 0 amide bonds. The molecule has 146 valence electrons. The molecule has 0 aromatic carbocycles. The molecule has 2 aliphatic rings. The van der Waals surface area contributed by atoms with Crippen molar-refractivity contribution in [1.29, 1.82) is 0 Å². The van der Waals surface area contributed by atoms with E-state index in [2.05, 4.69) is 19.1 Å². The van der Waals surface area contributed by atoms with Crippen LogP contribution in [0.4, 0.5) is 4.39 Å². The number of alkyl halides is 1. The Bertz CT molecular complexity index is 585. The van der Waals surface area contributed by atoms with E-state index in [1.807, 2.05) is 13.0 Å². The van der Waals surface area contributed by atoms with E-state index < -0.39 is 30.8 Å². The molecule has 6 heteroatoms. The monoisotopic (exact) mass is 368 g/mol. The van der Waals surface area contributed by atoms with Crippen LogP contribution >= 0.6 is 0 Å². The molecule has 0 radical (unpaired) electrons. The number of carbonyl (C=O) groups is 2. The van der Waals surface area contributed by atoms with Crippen LogP contribution in [0.5, 0.6) is 0 Å². The van der Waals surface area contributed by atoms with Gasteiger partial charge in [0.05, 0.1) is 12.5 Å². The lowest BCUT2D eigenvalue weighted by atomic mass is 9.65. The van der Waals surface area contributed by atoms with Crippen molar-refractivity contribution in [3.8, 4) is 0 Å². The summed E-state index contributed by atoms with van der Waals surface area (Å²) in [6.45, 7) is 3.94. The fourth-order valence-electron chi connectivity index (χ4n) is 4.24. The second-order valence-electron chi connectivity index (χ2n) is 7.58. The van der Waals surface area contributed by atoms with Crippen molar-refractivity contribution >= 4 is 11.8 Å². The third-order valence-electron chi connectivity index (χ3n) is 5.62. The van der Waals surface area contributed by atoms with Crippen molar-refractivity contribution < 1.29 is 28.9 Å². The van der Waals surface area contributed by atoms with Crippen molar-refractivity contribution in [2.75, 3.05) is 7.11 Å². The van der Waals surface area contributed by atoms with Gasteiger partial charge in [-0.15, -0.1) is 0 Å². The van der Waals surface area contributed by atoms with E-state index in [1.54, 1.807) is 7.11 Å². The van der Waals surface area contributed by atoms with Gasteiger partial charge in [-0.25, -0.2) is 4.39 Å². The van der Waals surface area contributed by atoms with E-state index in [0.717, 1.165) is 5.57 Å². The van der Waals surface area contributed by atoms with Gasteiger partial charge in [0, 0.05) is 25.4 Å². The summed E-state index contributed by atoms with van der Waals surface area (Å²) < 4.78 is 19.1. The number of ketones is 1. The van der Waals surface area contributed by atoms with Crippen molar-refractivity contribution in [2.24, 2.45) is 23.7 Å². The number of aliphatic carboxylic acids is 1. The largest absolute Gasteiger partial charge is 0.481 e. The van der Waals surface area contributed by atoms with E-state index in [9.17, 15) is 19.1 Å². The molecule has 2 aliphatic carbocycles. The lowest BCUT2D eigenvalue weighted by Crippen LogP contribution is -2.45. The predicted molar refractivity (Wildman–Crippen MR) is 95.3 cm³/mol. The van der Waals surface area contributed by atoms with Crippen molar-refractivity contribution in [2.45, 2.75) is 57.9 Å². The van der Waals surface area contributed by atoms with Crippen LogP contribution in [0.25, 0.3) is 0 Å². The van der Waals surface area contributed by atoms with Gasteiger partial charge in [0.15, 0.2) is 5.78 Å². The van der Waals surface area contributed by atoms with Gasteiger partial charge in [0.25, 0.3) is 0 Å². The molecule has 0 saturated carbocycles. The average molecular weight is 368 g/mol. The molecule has 1 unspecified atom stereocenters. The van der Waals surface area contributed by atoms with Crippen LogP contribution in [0.15, 0.2) is 23.8 Å². The first-order valence-electron chi connectivity index (χ1n) is 9.25. The summed E-state index contributed by atoms with van der Waals surface area (Å²) in [5, 5.41) is 18.7. The van der Waals surface area contributed by atoms with Crippen LogP contribution in [0, 0.1) is 23.7 Å². The topological polar surface area (TPSA) is 83.8 Å². The first kappa shape index (κ1) is 20.8. The third kappa shape index (κ3) is 4.80. The van der Waals surface area contributed by atoms with Gasteiger partial charge in [0.1, 0.15) is 12.3 Å². The van der Waals surface area contributed by atoms with Gasteiger partial charge in [0.2, 0.25) is 0 Å². The van der Waals surface area contributed by atoms with Crippen molar-refractivity contribution in [1.82, 2.24) is 0 Å². The molecule has 26 heavy (non-hydrogen) atoms. The number of Topliss-reactive ketones (excluding diaryl/α,β-unsaturated/α-hetero) is 1. The number of methoxy groups -OCH3 is 1. The molecule has 0 aromatic rings. The predicted octanol–water partition coefficient (Wildman–Crippen LogP) is 2.93. The first-order valence-corrected chi connectivity index (χ1v) is 9.25. The molecule has 2 N–H and O–H groups in total.